The maximum absolute atomic E-state index is 4.31. The van der Waals surface area contributed by atoms with Crippen LogP contribution in [-0.2, 0) is 0 Å². The zero-order valence-corrected chi connectivity index (χ0v) is 13.6. The van der Waals surface area contributed by atoms with Crippen molar-refractivity contribution in [1.82, 2.24) is 14.6 Å². The van der Waals surface area contributed by atoms with Gasteiger partial charge in [-0.05, 0) is 34.6 Å². The maximum atomic E-state index is 4.31. The molecule has 1 N–H and O–H groups in total. The first-order valence-corrected chi connectivity index (χ1v) is 8.48. The van der Waals surface area contributed by atoms with Gasteiger partial charge in [0.25, 0.3) is 0 Å². The average Bonchev–Trinajstić information content (AvgIpc) is 3.03. The van der Waals surface area contributed by atoms with Crippen LogP contribution in [0.25, 0.3) is 0 Å². The lowest BCUT2D eigenvalue weighted by Gasteiger charge is -2.34. The molecule has 0 spiro atoms. The van der Waals surface area contributed by atoms with Gasteiger partial charge in [-0.25, -0.2) is 4.37 Å². The summed E-state index contributed by atoms with van der Waals surface area (Å²) in [4.78, 5) is 3.91. The first-order chi connectivity index (χ1) is 10.3. The summed E-state index contributed by atoms with van der Waals surface area (Å²) in [5, 5.41) is 3.44. The van der Waals surface area contributed by atoms with Gasteiger partial charge in [0.05, 0.1) is 6.04 Å². The highest BCUT2D eigenvalue weighted by Gasteiger charge is 2.25. The molecule has 1 atom stereocenters. The van der Waals surface area contributed by atoms with Crippen molar-refractivity contribution in [2.24, 2.45) is 0 Å². The van der Waals surface area contributed by atoms with Gasteiger partial charge in [-0.1, -0.05) is 38.1 Å². The number of benzene rings is 1. The highest BCUT2D eigenvalue weighted by molar-refractivity contribution is 7.05. The van der Waals surface area contributed by atoms with Crippen LogP contribution in [0.5, 0.6) is 0 Å². The summed E-state index contributed by atoms with van der Waals surface area (Å²) >= 11 is 1.62. The van der Waals surface area contributed by atoms with Crippen molar-refractivity contribution >= 4 is 11.5 Å². The summed E-state index contributed by atoms with van der Waals surface area (Å²) in [5.41, 5.74) is 2.78. The van der Waals surface area contributed by atoms with Gasteiger partial charge in [0.15, 0.2) is 0 Å². The Balaban J connectivity index is 1.91. The molecular weight excluding hydrogens is 278 g/mol. The summed E-state index contributed by atoms with van der Waals surface area (Å²) in [5.74, 6) is 0.583. The van der Waals surface area contributed by atoms with Crippen LogP contribution in [0.3, 0.4) is 0 Å². The molecule has 1 aromatic heterocycles. The minimum absolute atomic E-state index is 0.348. The topological polar surface area (TPSA) is 28.2 Å². The summed E-state index contributed by atoms with van der Waals surface area (Å²) < 4.78 is 4.31. The van der Waals surface area contributed by atoms with Crippen molar-refractivity contribution in [2.75, 3.05) is 26.2 Å². The Kier molecular flexibility index (Phi) is 4.68. The van der Waals surface area contributed by atoms with Gasteiger partial charge in [-0.2, -0.15) is 0 Å². The van der Waals surface area contributed by atoms with Crippen LogP contribution in [0.1, 0.15) is 41.8 Å². The van der Waals surface area contributed by atoms with Crippen molar-refractivity contribution in [3.8, 4) is 0 Å². The van der Waals surface area contributed by atoms with Crippen molar-refractivity contribution in [3.05, 3.63) is 52.5 Å². The van der Waals surface area contributed by atoms with Crippen LogP contribution in [-0.4, -0.2) is 35.5 Å². The van der Waals surface area contributed by atoms with Crippen LogP contribution in [0, 0.1) is 0 Å². The molecule has 1 aliphatic rings. The number of hydrogen-bond acceptors (Lipinski definition) is 4. The first kappa shape index (κ1) is 14.7. The lowest BCUT2D eigenvalue weighted by atomic mass is 9.97. The molecule has 2 aromatic rings. The molecule has 1 aromatic carbocycles. The summed E-state index contributed by atoms with van der Waals surface area (Å²) in [6, 6.07) is 11.6. The fraction of sp³-hybridized carbons (Fsp3) is 0.471. The highest BCUT2D eigenvalue weighted by atomic mass is 32.1. The third kappa shape index (κ3) is 3.34. The second kappa shape index (κ2) is 6.69. The van der Waals surface area contributed by atoms with E-state index in [9.17, 15) is 0 Å². The number of nitrogens with one attached hydrogen (secondary N) is 1. The second-order valence-corrected chi connectivity index (χ2v) is 6.79. The maximum Gasteiger partial charge on any atom is 0.0713 e. The molecule has 1 unspecified atom stereocenters. The van der Waals surface area contributed by atoms with Crippen molar-refractivity contribution in [3.63, 3.8) is 0 Å². The predicted molar refractivity (Wildman–Crippen MR) is 88.9 cm³/mol. The second-order valence-electron chi connectivity index (χ2n) is 5.92. The number of piperazine rings is 1. The number of hydrogen-bond donors (Lipinski definition) is 1. The zero-order chi connectivity index (χ0) is 14.7. The Hall–Kier alpha value is -1.23. The lowest BCUT2D eigenvalue weighted by Crippen LogP contribution is -2.45. The molecule has 3 rings (SSSR count). The average molecular weight is 301 g/mol. The van der Waals surface area contributed by atoms with E-state index in [0.717, 1.165) is 26.2 Å². The number of rotatable bonds is 4. The van der Waals surface area contributed by atoms with E-state index < -0.39 is 0 Å². The first-order valence-electron chi connectivity index (χ1n) is 7.71. The van der Waals surface area contributed by atoms with E-state index in [2.05, 4.69) is 58.8 Å². The molecule has 1 saturated heterocycles. The molecule has 1 aliphatic heterocycles. The molecule has 2 heterocycles. The van der Waals surface area contributed by atoms with E-state index >= 15 is 0 Å². The number of aromatic nitrogens is 1. The molecule has 112 valence electrons. The molecule has 1 fully saturated rings. The van der Waals surface area contributed by atoms with E-state index in [0.29, 0.717) is 12.0 Å². The minimum atomic E-state index is 0.348. The Labute approximate surface area is 131 Å². The fourth-order valence-corrected chi connectivity index (χ4v) is 3.68. The monoisotopic (exact) mass is 301 g/mol. The number of nitrogens with zero attached hydrogens (tertiary/aromatic N) is 2. The Morgan fingerprint density at radius 2 is 1.71 bits per heavy atom. The summed E-state index contributed by atoms with van der Waals surface area (Å²) in [6.45, 7) is 8.81. The van der Waals surface area contributed by atoms with Crippen molar-refractivity contribution < 1.29 is 0 Å². The quantitative estimate of drug-likeness (QED) is 0.939. The Bertz CT molecular complexity index is 542. The van der Waals surface area contributed by atoms with Crippen molar-refractivity contribution in [2.45, 2.75) is 25.8 Å². The van der Waals surface area contributed by atoms with Crippen LogP contribution in [0.2, 0.25) is 0 Å². The van der Waals surface area contributed by atoms with Crippen LogP contribution < -0.4 is 5.32 Å². The SMILES string of the molecule is CC(C)c1ccc(C(c2ccns2)N2CCNCC2)cc1. The van der Waals surface area contributed by atoms with Crippen molar-refractivity contribution in [1.29, 1.82) is 0 Å². The third-order valence-electron chi connectivity index (χ3n) is 4.16. The molecular formula is C17H23N3S. The largest absolute Gasteiger partial charge is 0.314 e. The van der Waals surface area contributed by atoms with Gasteiger partial charge < -0.3 is 5.32 Å². The van der Waals surface area contributed by atoms with Gasteiger partial charge in [-0.3, -0.25) is 4.90 Å². The summed E-state index contributed by atoms with van der Waals surface area (Å²) in [7, 11) is 0. The smallest absolute Gasteiger partial charge is 0.0713 e. The molecule has 0 aliphatic carbocycles. The fourth-order valence-electron chi connectivity index (χ4n) is 2.93. The van der Waals surface area contributed by atoms with Gasteiger partial charge in [0.1, 0.15) is 0 Å². The predicted octanol–water partition coefficient (Wildman–Crippen LogP) is 3.26. The summed E-state index contributed by atoms with van der Waals surface area (Å²) in [6.07, 6.45) is 1.91. The van der Waals surface area contributed by atoms with Gasteiger partial charge >= 0.3 is 0 Å². The molecule has 0 saturated carbocycles. The zero-order valence-electron chi connectivity index (χ0n) is 12.7. The van der Waals surface area contributed by atoms with E-state index in [1.807, 2.05) is 6.20 Å². The van der Waals surface area contributed by atoms with Crippen LogP contribution in [0.15, 0.2) is 36.5 Å². The molecule has 0 bridgehead atoms. The standard InChI is InChI=1S/C17H23N3S/c1-13(2)14-3-5-15(6-4-14)17(16-7-8-19-21-16)20-11-9-18-10-12-20/h3-8,13,17-18H,9-12H2,1-2H3. The van der Waals surface area contributed by atoms with Gasteiger partial charge in [-0.15, -0.1) is 0 Å². The normalized spacial score (nSPS) is 18.0. The van der Waals surface area contributed by atoms with Crippen LogP contribution in [0.4, 0.5) is 0 Å². The third-order valence-corrected chi connectivity index (χ3v) is 4.96. The van der Waals surface area contributed by atoms with E-state index in [1.54, 1.807) is 11.5 Å². The molecule has 0 radical (unpaired) electrons. The molecule has 4 heteroatoms. The molecule has 3 nitrogen and oxygen atoms in total. The van der Waals surface area contributed by atoms with E-state index in [-0.39, 0.29) is 0 Å². The van der Waals surface area contributed by atoms with Gasteiger partial charge in [0, 0.05) is 37.3 Å². The van der Waals surface area contributed by atoms with Gasteiger partial charge in [0.2, 0.25) is 0 Å². The van der Waals surface area contributed by atoms with Crippen LogP contribution >= 0.6 is 11.5 Å². The van der Waals surface area contributed by atoms with E-state index in [4.69, 9.17) is 0 Å². The molecule has 0 amide bonds. The minimum Gasteiger partial charge on any atom is -0.314 e. The Morgan fingerprint density at radius 1 is 1.05 bits per heavy atom. The lowest BCUT2D eigenvalue weighted by molar-refractivity contribution is 0.200. The highest BCUT2D eigenvalue weighted by Crippen LogP contribution is 2.31. The molecule has 21 heavy (non-hydrogen) atoms. The van der Waals surface area contributed by atoms with E-state index in [1.165, 1.54) is 16.0 Å². The Morgan fingerprint density at radius 3 is 2.29 bits per heavy atom.